The quantitative estimate of drug-likeness (QED) is 0.645. The predicted molar refractivity (Wildman–Crippen MR) is 98.1 cm³/mol. The van der Waals surface area contributed by atoms with Crippen LogP contribution in [0.4, 0.5) is 5.69 Å². The number of hydrogen-bond acceptors (Lipinski definition) is 6. The first kappa shape index (κ1) is 17.2. The van der Waals surface area contributed by atoms with Crippen LogP contribution in [0, 0.1) is 5.92 Å². The molecule has 1 N–H and O–H groups in total. The molecule has 2 aliphatic heterocycles. The lowest BCUT2D eigenvalue weighted by Crippen LogP contribution is -2.48. The maximum Gasteiger partial charge on any atom is 0.355 e. The maximum atomic E-state index is 13.4. The minimum atomic E-state index is -1.53. The van der Waals surface area contributed by atoms with Gasteiger partial charge in [0.05, 0.1) is 12.8 Å². The highest BCUT2D eigenvalue weighted by Crippen LogP contribution is 2.45. The summed E-state index contributed by atoms with van der Waals surface area (Å²) in [5, 5.41) is 4.46. The average molecular weight is 384 g/mol. The Hall–Kier alpha value is -3.19. The third kappa shape index (κ3) is 2.35. The Morgan fingerprint density at radius 3 is 2.44 bits per heavy atom. The molecule has 0 unspecified atom stereocenters. The number of para-hydroxylation sites is 1. The Morgan fingerprint density at radius 1 is 1.15 bits per heavy atom. The Bertz CT molecular complexity index is 974. The van der Waals surface area contributed by atoms with Gasteiger partial charge in [0, 0.05) is 5.02 Å². The lowest BCUT2D eigenvalue weighted by atomic mass is 9.79. The number of fused-ring (bicyclic) bond motifs is 1. The van der Waals surface area contributed by atoms with Crippen LogP contribution >= 0.6 is 11.6 Å². The van der Waals surface area contributed by atoms with Crippen molar-refractivity contribution in [1.29, 1.82) is 0 Å². The zero-order valence-corrected chi connectivity index (χ0v) is 14.9. The number of nitrogens with one attached hydrogen (secondary N) is 1. The van der Waals surface area contributed by atoms with Crippen molar-refractivity contribution in [2.24, 2.45) is 11.0 Å². The first-order valence-corrected chi connectivity index (χ1v) is 8.51. The van der Waals surface area contributed by atoms with Crippen LogP contribution in [0.2, 0.25) is 5.02 Å². The van der Waals surface area contributed by atoms with Gasteiger partial charge in [0.25, 0.3) is 5.91 Å². The second kappa shape index (κ2) is 6.21. The number of nitrogens with zero attached hydrogens (tertiary/aromatic N) is 2. The van der Waals surface area contributed by atoms with Crippen LogP contribution in [-0.4, -0.2) is 30.6 Å². The number of rotatable bonds is 3. The van der Waals surface area contributed by atoms with Crippen molar-refractivity contribution in [3.63, 3.8) is 0 Å². The Labute approximate surface area is 159 Å². The Morgan fingerprint density at radius 2 is 1.81 bits per heavy atom. The lowest BCUT2D eigenvalue weighted by molar-refractivity contribution is -0.133. The number of esters is 1. The van der Waals surface area contributed by atoms with E-state index < -0.39 is 29.2 Å². The summed E-state index contributed by atoms with van der Waals surface area (Å²) in [4.78, 5) is 39.9. The van der Waals surface area contributed by atoms with Gasteiger partial charge in [-0.25, -0.2) is 9.69 Å². The molecular formula is C19H14ClN3O4. The zero-order valence-electron chi connectivity index (χ0n) is 14.2. The van der Waals surface area contributed by atoms with Crippen molar-refractivity contribution in [2.75, 3.05) is 12.0 Å². The summed E-state index contributed by atoms with van der Waals surface area (Å²) in [7, 11) is 1.20. The second-order valence-corrected chi connectivity index (χ2v) is 6.60. The summed E-state index contributed by atoms with van der Waals surface area (Å²) >= 11 is 5.96. The molecule has 27 heavy (non-hydrogen) atoms. The molecule has 0 spiro atoms. The highest BCUT2D eigenvalue weighted by Gasteiger charge is 2.67. The molecule has 2 atom stereocenters. The fourth-order valence-corrected chi connectivity index (χ4v) is 3.64. The van der Waals surface area contributed by atoms with Crippen LogP contribution in [0.1, 0.15) is 5.56 Å². The van der Waals surface area contributed by atoms with E-state index in [0.717, 1.165) is 4.90 Å². The number of benzene rings is 2. The van der Waals surface area contributed by atoms with Gasteiger partial charge in [-0.3, -0.25) is 15.0 Å². The van der Waals surface area contributed by atoms with Gasteiger partial charge in [-0.2, -0.15) is 5.10 Å². The number of anilines is 1. The number of amides is 2. The summed E-state index contributed by atoms with van der Waals surface area (Å²) in [6.07, 6.45) is 0. The largest absolute Gasteiger partial charge is 0.464 e. The molecule has 8 heteroatoms. The van der Waals surface area contributed by atoms with Gasteiger partial charge in [-0.1, -0.05) is 41.9 Å². The highest BCUT2D eigenvalue weighted by atomic mass is 35.5. The smallest absolute Gasteiger partial charge is 0.355 e. The monoisotopic (exact) mass is 383 g/mol. The van der Waals surface area contributed by atoms with Gasteiger partial charge in [-0.15, -0.1) is 0 Å². The normalized spacial score (nSPS) is 23.7. The standard InChI is InChI=1S/C19H14ClN3O4/c1-27-17(25)15-14-16(24)23(13-5-3-2-4-6-13)18(26)19(14,22-21-15)11-7-9-12(20)10-8-11/h2-10,14,22H,1H3/t14-,19+/m1/s1. The molecule has 2 aromatic rings. The maximum absolute atomic E-state index is 13.4. The van der Waals surface area contributed by atoms with Crippen LogP contribution in [0.3, 0.4) is 0 Å². The van der Waals surface area contributed by atoms with Gasteiger partial charge in [0.2, 0.25) is 5.91 Å². The van der Waals surface area contributed by atoms with E-state index in [0.29, 0.717) is 16.3 Å². The second-order valence-electron chi connectivity index (χ2n) is 6.16. The first-order valence-electron chi connectivity index (χ1n) is 8.13. The van der Waals surface area contributed by atoms with E-state index in [2.05, 4.69) is 10.5 Å². The molecule has 2 aliphatic rings. The van der Waals surface area contributed by atoms with Gasteiger partial charge in [-0.05, 0) is 29.8 Å². The molecule has 4 rings (SSSR count). The molecule has 2 amide bonds. The molecule has 0 saturated carbocycles. The molecule has 1 fully saturated rings. The Balaban J connectivity index is 1.90. The minimum absolute atomic E-state index is 0.135. The molecule has 2 aromatic carbocycles. The molecule has 2 heterocycles. The number of hydrogen-bond donors (Lipinski definition) is 1. The van der Waals surface area contributed by atoms with Crippen molar-refractivity contribution in [3.05, 3.63) is 65.2 Å². The van der Waals surface area contributed by atoms with Gasteiger partial charge < -0.3 is 4.74 Å². The summed E-state index contributed by atoms with van der Waals surface area (Å²) < 4.78 is 4.75. The number of halogens is 1. The van der Waals surface area contributed by atoms with E-state index >= 15 is 0 Å². The molecule has 0 bridgehead atoms. The van der Waals surface area contributed by atoms with Crippen LogP contribution in [0.25, 0.3) is 0 Å². The summed E-state index contributed by atoms with van der Waals surface area (Å²) in [5.41, 5.74) is 1.98. The van der Waals surface area contributed by atoms with Crippen molar-refractivity contribution >= 4 is 40.8 Å². The summed E-state index contributed by atoms with van der Waals surface area (Å²) in [6.45, 7) is 0. The topological polar surface area (TPSA) is 88.1 Å². The molecule has 0 aliphatic carbocycles. The molecule has 0 radical (unpaired) electrons. The fourth-order valence-electron chi connectivity index (χ4n) is 3.52. The van der Waals surface area contributed by atoms with Gasteiger partial charge in [0.1, 0.15) is 5.92 Å². The number of carbonyl (C=O) groups excluding carboxylic acids is 3. The van der Waals surface area contributed by atoms with E-state index in [1.807, 2.05) is 0 Å². The van der Waals surface area contributed by atoms with Crippen LogP contribution in [0.15, 0.2) is 59.7 Å². The van der Waals surface area contributed by atoms with Crippen molar-refractivity contribution in [1.82, 2.24) is 5.43 Å². The molecule has 136 valence electrons. The van der Waals surface area contributed by atoms with E-state index in [4.69, 9.17) is 16.3 Å². The number of ether oxygens (including phenoxy) is 1. The van der Waals surface area contributed by atoms with E-state index in [1.165, 1.54) is 7.11 Å². The average Bonchev–Trinajstić information content (AvgIpc) is 3.19. The summed E-state index contributed by atoms with van der Waals surface area (Å²) in [6, 6.07) is 15.0. The fraction of sp³-hybridized carbons (Fsp3) is 0.158. The third-order valence-electron chi connectivity index (χ3n) is 4.78. The molecule has 1 saturated heterocycles. The summed E-state index contributed by atoms with van der Waals surface area (Å²) in [5.74, 6) is -2.97. The molecule has 0 aromatic heterocycles. The first-order chi connectivity index (χ1) is 13.0. The van der Waals surface area contributed by atoms with Crippen molar-refractivity contribution in [3.8, 4) is 0 Å². The minimum Gasteiger partial charge on any atom is -0.464 e. The predicted octanol–water partition coefficient (Wildman–Crippen LogP) is 1.86. The van der Waals surface area contributed by atoms with E-state index in [-0.39, 0.29) is 5.71 Å². The van der Waals surface area contributed by atoms with Crippen molar-refractivity contribution < 1.29 is 19.1 Å². The number of imide groups is 1. The SMILES string of the molecule is COC(=O)C1=NN[C@]2(c3ccc(Cl)cc3)C(=O)N(c3ccccc3)C(=O)[C@@H]12. The lowest BCUT2D eigenvalue weighted by Gasteiger charge is -2.26. The number of carbonyl (C=O) groups is 3. The van der Waals surface area contributed by atoms with Crippen LogP contribution in [0.5, 0.6) is 0 Å². The molecule has 7 nitrogen and oxygen atoms in total. The van der Waals surface area contributed by atoms with E-state index in [9.17, 15) is 14.4 Å². The number of hydrazone groups is 1. The zero-order chi connectivity index (χ0) is 19.2. The van der Waals surface area contributed by atoms with Gasteiger partial charge in [0.15, 0.2) is 11.3 Å². The Kier molecular flexibility index (Phi) is 3.96. The third-order valence-corrected chi connectivity index (χ3v) is 5.03. The van der Waals surface area contributed by atoms with Crippen LogP contribution in [-0.2, 0) is 24.7 Å². The van der Waals surface area contributed by atoms with Crippen LogP contribution < -0.4 is 10.3 Å². The molecular weight excluding hydrogens is 370 g/mol. The highest BCUT2D eigenvalue weighted by molar-refractivity contribution is 6.47. The number of methoxy groups -OCH3 is 1. The van der Waals surface area contributed by atoms with E-state index in [1.54, 1.807) is 54.6 Å². The van der Waals surface area contributed by atoms with Crippen molar-refractivity contribution in [2.45, 2.75) is 5.54 Å². The van der Waals surface area contributed by atoms with Gasteiger partial charge >= 0.3 is 5.97 Å².